The van der Waals surface area contributed by atoms with Crippen LogP contribution in [0.4, 0.5) is 0 Å². The molecule has 0 bridgehead atoms. The summed E-state index contributed by atoms with van der Waals surface area (Å²) in [7, 11) is 1.82. The van der Waals surface area contributed by atoms with Gasteiger partial charge in [-0.05, 0) is 39.5 Å². The van der Waals surface area contributed by atoms with E-state index in [9.17, 15) is 14.4 Å². The average molecular weight is 428 g/mol. The lowest BCUT2D eigenvalue weighted by Gasteiger charge is -2.23. The van der Waals surface area contributed by atoms with E-state index in [1.54, 1.807) is 17.1 Å². The molecule has 0 aliphatic heterocycles. The van der Waals surface area contributed by atoms with E-state index in [2.05, 4.69) is 15.7 Å². The van der Waals surface area contributed by atoms with Crippen molar-refractivity contribution >= 4 is 11.8 Å². The minimum absolute atomic E-state index is 0.00578. The van der Waals surface area contributed by atoms with Crippen LogP contribution >= 0.6 is 0 Å². The molecule has 168 valence electrons. The van der Waals surface area contributed by atoms with Crippen molar-refractivity contribution in [3.8, 4) is 0 Å². The van der Waals surface area contributed by atoms with Crippen LogP contribution in [0.2, 0.25) is 0 Å². The first kappa shape index (κ1) is 22.8. The Balaban J connectivity index is 1.87. The fourth-order valence-corrected chi connectivity index (χ4v) is 4.16. The minimum atomic E-state index is -0.543. The van der Waals surface area contributed by atoms with Crippen LogP contribution in [0.5, 0.6) is 0 Å². The van der Waals surface area contributed by atoms with E-state index >= 15 is 0 Å². The van der Waals surface area contributed by atoms with Crippen LogP contribution in [-0.2, 0) is 20.1 Å². The van der Waals surface area contributed by atoms with Crippen molar-refractivity contribution in [1.82, 2.24) is 25.0 Å². The molecule has 1 aliphatic rings. The number of hydrogen-bond donors (Lipinski definition) is 2. The monoisotopic (exact) mass is 427 g/mol. The second kappa shape index (κ2) is 9.94. The van der Waals surface area contributed by atoms with Crippen molar-refractivity contribution in [3.63, 3.8) is 0 Å². The molecule has 8 heteroatoms. The molecule has 8 nitrogen and oxygen atoms in total. The molecule has 0 unspecified atom stereocenters. The summed E-state index contributed by atoms with van der Waals surface area (Å²) in [6, 6.07) is -0.107. The molecule has 3 rings (SSSR count). The maximum absolute atomic E-state index is 13.0. The molecule has 2 amide bonds. The molecular formula is C23H33N5O3. The number of rotatable bonds is 7. The fourth-order valence-electron chi connectivity index (χ4n) is 4.16. The number of nitrogens with one attached hydrogen (secondary N) is 2. The number of nitrogens with zero attached hydrogens (tertiary/aromatic N) is 3. The molecule has 0 aromatic carbocycles. The van der Waals surface area contributed by atoms with Crippen LogP contribution in [-0.4, -0.2) is 32.2 Å². The molecule has 2 N–H and O–H groups in total. The highest BCUT2D eigenvalue weighted by Gasteiger charge is 2.22. The Hall–Kier alpha value is -2.90. The molecule has 1 aliphatic carbocycles. The van der Waals surface area contributed by atoms with Crippen molar-refractivity contribution < 1.29 is 9.59 Å². The lowest BCUT2D eigenvalue weighted by atomic mass is 9.89. The third kappa shape index (κ3) is 5.83. The third-order valence-corrected chi connectivity index (χ3v) is 5.74. The second-order valence-corrected chi connectivity index (χ2v) is 8.84. The zero-order valence-corrected chi connectivity index (χ0v) is 18.9. The van der Waals surface area contributed by atoms with Gasteiger partial charge in [-0.15, -0.1) is 0 Å². The number of hydrogen-bond acceptors (Lipinski definition) is 4. The summed E-state index contributed by atoms with van der Waals surface area (Å²) >= 11 is 0. The van der Waals surface area contributed by atoms with E-state index in [-0.39, 0.29) is 23.7 Å². The highest BCUT2D eigenvalue weighted by atomic mass is 16.2. The Morgan fingerprint density at radius 1 is 1.10 bits per heavy atom. The van der Waals surface area contributed by atoms with E-state index in [0.29, 0.717) is 12.5 Å². The highest BCUT2D eigenvalue weighted by Crippen LogP contribution is 2.25. The van der Waals surface area contributed by atoms with Gasteiger partial charge in [0.05, 0.1) is 5.69 Å². The standard InChI is InChI=1S/C23H33N5O3/c1-15(2)25-23(31)20-14-28(11-17-8-6-5-7-9-17)13-19(21(20)29)22(30)24-10-18-12-27(4)26-16(18)3/h12-15,17H,5-11H2,1-4H3,(H,24,30)(H,25,31). The van der Waals surface area contributed by atoms with E-state index in [0.717, 1.165) is 24.1 Å². The molecular weight excluding hydrogens is 394 g/mol. The van der Waals surface area contributed by atoms with Gasteiger partial charge in [0.2, 0.25) is 5.43 Å². The van der Waals surface area contributed by atoms with E-state index in [1.165, 1.54) is 19.3 Å². The zero-order valence-electron chi connectivity index (χ0n) is 18.9. The predicted octanol–water partition coefficient (Wildman–Crippen LogP) is 2.54. The van der Waals surface area contributed by atoms with Gasteiger partial charge in [-0.2, -0.15) is 5.10 Å². The van der Waals surface area contributed by atoms with Crippen molar-refractivity contribution in [2.24, 2.45) is 13.0 Å². The number of amides is 2. The van der Waals surface area contributed by atoms with Crippen LogP contribution in [0.25, 0.3) is 0 Å². The van der Waals surface area contributed by atoms with Crippen LogP contribution in [0, 0.1) is 12.8 Å². The first-order valence-electron chi connectivity index (χ1n) is 11.1. The Morgan fingerprint density at radius 3 is 2.32 bits per heavy atom. The lowest BCUT2D eigenvalue weighted by molar-refractivity contribution is 0.0940. The molecule has 2 aromatic rings. The fraction of sp³-hybridized carbons (Fsp3) is 0.565. The summed E-state index contributed by atoms with van der Waals surface area (Å²) in [6.45, 7) is 6.51. The maximum Gasteiger partial charge on any atom is 0.257 e. The van der Waals surface area contributed by atoms with E-state index in [4.69, 9.17) is 0 Å². The molecule has 2 aromatic heterocycles. The third-order valence-electron chi connectivity index (χ3n) is 5.74. The van der Waals surface area contributed by atoms with Gasteiger partial charge in [0, 0.05) is 50.3 Å². The Morgan fingerprint density at radius 2 is 1.74 bits per heavy atom. The molecule has 0 spiro atoms. The molecule has 2 heterocycles. The minimum Gasteiger partial charge on any atom is -0.352 e. The largest absolute Gasteiger partial charge is 0.352 e. The number of carbonyl (C=O) groups excluding carboxylic acids is 2. The molecule has 0 atom stereocenters. The van der Waals surface area contributed by atoms with Gasteiger partial charge in [-0.3, -0.25) is 19.1 Å². The number of aryl methyl sites for hydroxylation is 2. The van der Waals surface area contributed by atoms with Gasteiger partial charge in [-0.1, -0.05) is 19.3 Å². The second-order valence-electron chi connectivity index (χ2n) is 8.84. The number of carbonyl (C=O) groups is 2. The molecule has 31 heavy (non-hydrogen) atoms. The summed E-state index contributed by atoms with van der Waals surface area (Å²) < 4.78 is 3.53. The smallest absolute Gasteiger partial charge is 0.257 e. The summed E-state index contributed by atoms with van der Waals surface area (Å²) in [4.78, 5) is 38.6. The SMILES string of the molecule is Cc1nn(C)cc1CNC(=O)c1cn(CC2CCCCC2)cc(C(=O)NC(C)C)c1=O. The van der Waals surface area contributed by atoms with Crippen LogP contribution in [0.3, 0.4) is 0 Å². The van der Waals surface area contributed by atoms with Gasteiger partial charge < -0.3 is 15.2 Å². The zero-order chi connectivity index (χ0) is 22.5. The van der Waals surface area contributed by atoms with Crippen molar-refractivity contribution in [3.05, 3.63) is 51.2 Å². The summed E-state index contributed by atoms with van der Waals surface area (Å²) in [6.07, 6.45) is 10.9. The lowest BCUT2D eigenvalue weighted by Crippen LogP contribution is -2.37. The van der Waals surface area contributed by atoms with Crippen molar-refractivity contribution in [2.75, 3.05) is 0 Å². The highest BCUT2D eigenvalue weighted by molar-refractivity contribution is 5.99. The number of aromatic nitrogens is 3. The van der Waals surface area contributed by atoms with Crippen molar-refractivity contribution in [2.45, 2.75) is 72.0 Å². The van der Waals surface area contributed by atoms with Crippen LogP contribution in [0.15, 0.2) is 23.4 Å². The first-order chi connectivity index (χ1) is 14.7. The Kier molecular flexibility index (Phi) is 7.30. The normalized spacial score (nSPS) is 14.6. The quantitative estimate of drug-likeness (QED) is 0.709. The average Bonchev–Trinajstić information content (AvgIpc) is 3.04. The first-order valence-corrected chi connectivity index (χ1v) is 11.1. The topological polar surface area (TPSA) is 98.0 Å². The Bertz CT molecular complexity index is 999. The van der Waals surface area contributed by atoms with Gasteiger partial charge in [0.15, 0.2) is 0 Å². The van der Waals surface area contributed by atoms with E-state index in [1.807, 2.05) is 38.6 Å². The molecule has 1 fully saturated rings. The van der Waals surface area contributed by atoms with Gasteiger partial charge >= 0.3 is 0 Å². The van der Waals surface area contributed by atoms with Crippen LogP contribution in [0.1, 0.15) is 77.9 Å². The van der Waals surface area contributed by atoms with Gasteiger partial charge in [0.25, 0.3) is 11.8 Å². The maximum atomic E-state index is 13.0. The van der Waals surface area contributed by atoms with Crippen molar-refractivity contribution in [1.29, 1.82) is 0 Å². The number of pyridine rings is 1. The summed E-state index contributed by atoms with van der Waals surface area (Å²) in [5.74, 6) is -0.439. The van der Waals surface area contributed by atoms with Crippen LogP contribution < -0.4 is 16.1 Å². The summed E-state index contributed by atoms with van der Waals surface area (Å²) in [5.41, 5.74) is 1.16. The predicted molar refractivity (Wildman–Crippen MR) is 119 cm³/mol. The summed E-state index contributed by atoms with van der Waals surface area (Å²) in [5, 5.41) is 9.85. The molecule has 0 saturated heterocycles. The molecule has 0 radical (unpaired) electrons. The van der Waals surface area contributed by atoms with Gasteiger partial charge in [0.1, 0.15) is 11.1 Å². The molecule has 1 saturated carbocycles. The van der Waals surface area contributed by atoms with Gasteiger partial charge in [-0.25, -0.2) is 0 Å². The van der Waals surface area contributed by atoms with E-state index < -0.39 is 17.2 Å². The Labute approximate surface area is 183 Å².